The van der Waals surface area contributed by atoms with Crippen LogP contribution in [0.1, 0.15) is 46.8 Å². The van der Waals surface area contributed by atoms with Crippen molar-refractivity contribution >= 4 is 35.1 Å². The van der Waals surface area contributed by atoms with E-state index < -0.39 is 29.4 Å². The van der Waals surface area contributed by atoms with Crippen LogP contribution in [0.3, 0.4) is 0 Å². The molecule has 0 radical (unpaired) electrons. The number of allylic oxidation sites excluding steroid dienone is 3. The van der Waals surface area contributed by atoms with Gasteiger partial charge in [-0.15, -0.1) is 0 Å². The number of rotatable bonds is 5. The van der Waals surface area contributed by atoms with Gasteiger partial charge < -0.3 is 15.1 Å². The first-order valence-electron chi connectivity index (χ1n) is 10.3. The summed E-state index contributed by atoms with van der Waals surface area (Å²) in [5.74, 6) is -2.48. The van der Waals surface area contributed by atoms with Crippen molar-refractivity contribution in [1.82, 2.24) is 4.90 Å². The lowest BCUT2D eigenvalue weighted by Gasteiger charge is -2.49. The summed E-state index contributed by atoms with van der Waals surface area (Å²) in [6.45, 7) is 1.62. The zero-order valence-corrected chi connectivity index (χ0v) is 18.9. The molecule has 2 aromatic carbocycles. The van der Waals surface area contributed by atoms with E-state index >= 15 is 0 Å². The molecule has 0 saturated carbocycles. The van der Waals surface area contributed by atoms with Gasteiger partial charge >= 0.3 is 5.97 Å². The van der Waals surface area contributed by atoms with Gasteiger partial charge in [-0.1, -0.05) is 78.7 Å². The van der Waals surface area contributed by atoms with E-state index in [-0.39, 0.29) is 17.5 Å². The molecule has 7 heteroatoms. The molecular formula is C25H23Cl2NO4. The van der Waals surface area contributed by atoms with Crippen molar-refractivity contribution in [3.8, 4) is 0 Å². The third kappa shape index (κ3) is 3.75. The predicted octanol–water partition coefficient (Wildman–Crippen LogP) is 5.24. The van der Waals surface area contributed by atoms with Crippen molar-refractivity contribution in [2.24, 2.45) is 5.41 Å². The minimum atomic E-state index is -1.08. The second-order valence-corrected chi connectivity index (χ2v) is 9.27. The van der Waals surface area contributed by atoms with Crippen LogP contribution >= 0.6 is 23.2 Å². The van der Waals surface area contributed by atoms with Crippen LogP contribution in [0.4, 0.5) is 0 Å². The minimum absolute atomic E-state index is 0.270. The van der Waals surface area contributed by atoms with E-state index in [1.165, 1.54) is 4.90 Å². The highest BCUT2D eigenvalue weighted by Crippen LogP contribution is 2.49. The van der Waals surface area contributed by atoms with Crippen LogP contribution in [0.2, 0.25) is 10.0 Å². The van der Waals surface area contributed by atoms with Gasteiger partial charge in [0, 0.05) is 21.0 Å². The summed E-state index contributed by atoms with van der Waals surface area (Å²) in [5, 5.41) is 21.5. The van der Waals surface area contributed by atoms with E-state index in [0.717, 1.165) is 0 Å². The highest BCUT2D eigenvalue weighted by atomic mass is 35.5. The molecule has 1 amide bonds. The smallest absolute Gasteiger partial charge is 0.313 e. The van der Waals surface area contributed by atoms with Gasteiger partial charge in [0.05, 0.1) is 18.7 Å². The summed E-state index contributed by atoms with van der Waals surface area (Å²) in [5.41, 5.74) is 0.631. The Kier molecular flexibility index (Phi) is 6.17. The van der Waals surface area contributed by atoms with Crippen LogP contribution in [0.15, 0.2) is 66.8 Å². The zero-order chi connectivity index (χ0) is 23.0. The van der Waals surface area contributed by atoms with Crippen molar-refractivity contribution in [2.45, 2.75) is 31.3 Å². The number of carbonyl (C=O) groups is 2. The highest BCUT2D eigenvalue weighted by Gasteiger charge is 2.50. The number of carbonyl (C=O) groups excluding carboxylic acids is 1. The molecule has 0 saturated heterocycles. The Bertz CT molecular complexity index is 1130. The quantitative estimate of drug-likeness (QED) is 0.624. The maximum Gasteiger partial charge on any atom is 0.313 e. The van der Waals surface area contributed by atoms with E-state index in [9.17, 15) is 19.8 Å². The molecule has 0 fully saturated rings. The molecule has 1 heterocycles. The predicted molar refractivity (Wildman–Crippen MR) is 124 cm³/mol. The first-order valence-corrected chi connectivity index (χ1v) is 11.1. The summed E-state index contributed by atoms with van der Waals surface area (Å²) in [7, 11) is 0. The molecule has 4 atom stereocenters. The molecule has 2 N–H and O–H groups in total. The fourth-order valence-electron chi connectivity index (χ4n) is 4.84. The van der Waals surface area contributed by atoms with Crippen LogP contribution in [-0.2, 0) is 4.79 Å². The SMILES string of the molecule is CC1([C@@H](CO)N2C(=O)c3ccccc3[C@@H](C(=O)O)[C@@H]2c2ccc(Cl)cc2Cl)C=CC=CC1. The van der Waals surface area contributed by atoms with Gasteiger partial charge in [-0.2, -0.15) is 0 Å². The average molecular weight is 472 g/mol. The number of halogens is 2. The van der Waals surface area contributed by atoms with Crippen LogP contribution in [0, 0.1) is 5.41 Å². The van der Waals surface area contributed by atoms with E-state index in [4.69, 9.17) is 23.2 Å². The number of carboxylic acid groups (broad SMARTS) is 1. The molecule has 2 aromatic rings. The summed E-state index contributed by atoms with van der Waals surface area (Å²) in [6.07, 6.45) is 8.32. The first kappa shape index (κ1) is 22.6. The zero-order valence-electron chi connectivity index (χ0n) is 17.4. The number of hydrogen-bond donors (Lipinski definition) is 2. The molecule has 1 aliphatic heterocycles. The molecular weight excluding hydrogens is 449 g/mol. The minimum Gasteiger partial charge on any atom is -0.481 e. The van der Waals surface area contributed by atoms with Crippen molar-refractivity contribution in [3.05, 3.63) is 93.5 Å². The number of fused-ring (bicyclic) bond motifs is 1. The summed E-state index contributed by atoms with van der Waals surface area (Å²) in [6, 6.07) is 9.96. The third-order valence-electron chi connectivity index (χ3n) is 6.48. The number of aliphatic hydroxyl groups is 1. The molecule has 0 aromatic heterocycles. The van der Waals surface area contributed by atoms with Gasteiger partial charge in [-0.05, 0) is 35.7 Å². The number of hydrogen-bond acceptors (Lipinski definition) is 3. The van der Waals surface area contributed by atoms with E-state index in [0.29, 0.717) is 28.1 Å². The van der Waals surface area contributed by atoms with Crippen LogP contribution in [0.5, 0.6) is 0 Å². The lowest BCUT2D eigenvalue weighted by Crippen LogP contribution is -2.56. The summed E-state index contributed by atoms with van der Waals surface area (Å²) < 4.78 is 0. The number of nitrogens with zero attached hydrogens (tertiary/aromatic N) is 1. The Morgan fingerprint density at radius 3 is 2.56 bits per heavy atom. The van der Waals surface area contributed by atoms with Gasteiger partial charge in [0.2, 0.25) is 0 Å². The average Bonchev–Trinajstić information content (AvgIpc) is 2.76. The van der Waals surface area contributed by atoms with Gasteiger partial charge in [-0.3, -0.25) is 9.59 Å². The maximum atomic E-state index is 13.8. The number of benzene rings is 2. The van der Waals surface area contributed by atoms with Crippen LogP contribution in [-0.4, -0.2) is 39.6 Å². The van der Waals surface area contributed by atoms with Gasteiger partial charge in [0.15, 0.2) is 0 Å². The fourth-order valence-corrected chi connectivity index (χ4v) is 5.36. The number of amides is 1. The maximum absolute atomic E-state index is 13.8. The van der Waals surface area contributed by atoms with E-state index in [2.05, 4.69) is 0 Å². The molecule has 4 rings (SSSR count). The molecule has 32 heavy (non-hydrogen) atoms. The fraction of sp³-hybridized carbons (Fsp3) is 0.280. The van der Waals surface area contributed by atoms with Crippen molar-refractivity contribution < 1.29 is 19.8 Å². The second kappa shape index (κ2) is 8.74. The van der Waals surface area contributed by atoms with Crippen LogP contribution < -0.4 is 0 Å². The van der Waals surface area contributed by atoms with E-state index in [1.54, 1.807) is 42.5 Å². The Labute approximate surface area is 196 Å². The first-order chi connectivity index (χ1) is 15.3. The van der Waals surface area contributed by atoms with Gasteiger partial charge in [0.1, 0.15) is 5.92 Å². The van der Waals surface area contributed by atoms with Gasteiger partial charge in [0.25, 0.3) is 5.91 Å². The lowest BCUT2D eigenvalue weighted by atomic mass is 9.72. The Balaban J connectivity index is 1.98. The monoisotopic (exact) mass is 471 g/mol. The number of aliphatic hydroxyl groups excluding tert-OH is 1. The normalized spacial score (nSPS) is 25.5. The molecule has 166 valence electrons. The lowest BCUT2D eigenvalue weighted by molar-refractivity contribution is -0.141. The Morgan fingerprint density at radius 2 is 1.94 bits per heavy atom. The standard InChI is InChI=1S/C25H23Cl2NO4/c1-25(11-5-2-6-12-25)20(14-29)28-22(18-10-9-15(26)13-19(18)27)21(24(31)32)16-7-3-4-8-17(16)23(28)30/h2-11,13,20-22,29H,12,14H2,1H3,(H,31,32)/t20-,21-,22+,25?/m1/s1. The van der Waals surface area contributed by atoms with Crippen molar-refractivity contribution in [2.75, 3.05) is 6.61 Å². The molecule has 5 nitrogen and oxygen atoms in total. The Hall–Kier alpha value is -2.60. The third-order valence-corrected chi connectivity index (χ3v) is 7.04. The Morgan fingerprint density at radius 1 is 1.19 bits per heavy atom. The molecule has 1 aliphatic carbocycles. The van der Waals surface area contributed by atoms with E-state index in [1.807, 2.05) is 31.2 Å². The topological polar surface area (TPSA) is 77.8 Å². The summed E-state index contributed by atoms with van der Waals surface area (Å²) in [4.78, 5) is 28.0. The molecule has 1 unspecified atom stereocenters. The second-order valence-electron chi connectivity index (χ2n) is 8.42. The molecule has 0 spiro atoms. The summed E-state index contributed by atoms with van der Waals surface area (Å²) >= 11 is 12.6. The largest absolute Gasteiger partial charge is 0.481 e. The number of carboxylic acids is 1. The van der Waals surface area contributed by atoms with Crippen LogP contribution in [0.25, 0.3) is 0 Å². The number of aliphatic carboxylic acids is 1. The molecule has 2 aliphatic rings. The van der Waals surface area contributed by atoms with Crippen molar-refractivity contribution in [1.29, 1.82) is 0 Å². The highest BCUT2D eigenvalue weighted by molar-refractivity contribution is 6.35. The van der Waals surface area contributed by atoms with Crippen molar-refractivity contribution in [3.63, 3.8) is 0 Å². The van der Waals surface area contributed by atoms with Gasteiger partial charge in [-0.25, -0.2) is 0 Å². The molecule has 0 bridgehead atoms.